The molecule has 0 amide bonds. The quantitative estimate of drug-likeness (QED) is 0.0261. The predicted molar refractivity (Wildman–Crippen MR) is 335 cm³/mol. The first-order valence-electron chi connectivity index (χ1n) is 35.2. The molecule has 1 unspecified atom stereocenters. The average molecular weight is 1090 g/mol. The third-order valence-electron chi connectivity index (χ3n) is 16.3. The Labute approximate surface area is 481 Å². The Hall–Kier alpha value is -1.85. The Bertz CT molecular complexity index is 1200. The van der Waals surface area contributed by atoms with Crippen LogP contribution in [-0.2, 0) is 28.6 Å². The Morgan fingerprint density at radius 2 is 0.429 bits per heavy atom. The van der Waals surface area contributed by atoms with Crippen LogP contribution < -0.4 is 0 Å². The van der Waals surface area contributed by atoms with Crippen molar-refractivity contribution >= 4 is 17.9 Å². The average Bonchev–Trinajstić information content (AvgIpc) is 3.43. The van der Waals surface area contributed by atoms with Crippen LogP contribution in [0.5, 0.6) is 0 Å². The van der Waals surface area contributed by atoms with E-state index in [-0.39, 0.29) is 31.1 Å². The maximum Gasteiger partial charge on any atom is 0.306 e. The number of rotatable bonds is 66. The van der Waals surface area contributed by atoms with Gasteiger partial charge in [-0.1, -0.05) is 354 Å². The number of allylic oxidation sites excluding steroid dienone is 2. The van der Waals surface area contributed by atoms with E-state index in [2.05, 4.69) is 32.9 Å². The largest absolute Gasteiger partial charge is 0.462 e. The van der Waals surface area contributed by atoms with Crippen molar-refractivity contribution in [2.75, 3.05) is 13.2 Å². The molecule has 0 heterocycles. The van der Waals surface area contributed by atoms with E-state index < -0.39 is 6.10 Å². The van der Waals surface area contributed by atoms with Crippen LogP contribution in [0.4, 0.5) is 0 Å². The van der Waals surface area contributed by atoms with Crippen molar-refractivity contribution in [2.45, 2.75) is 412 Å². The lowest BCUT2D eigenvalue weighted by Gasteiger charge is -2.18. The molecule has 0 saturated carbocycles. The van der Waals surface area contributed by atoms with E-state index in [0.29, 0.717) is 19.3 Å². The Kier molecular flexibility index (Phi) is 65.1. The third kappa shape index (κ3) is 64.9. The summed E-state index contributed by atoms with van der Waals surface area (Å²) < 4.78 is 16.9. The van der Waals surface area contributed by atoms with E-state index >= 15 is 0 Å². The van der Waals surface area contributed by atoms with Crippen molar-refractivity contribution in [2.24, 2.45) is 0 Å². The molecule has 0 spiro atoms. The molecule has 0 aromatic heterocycles. The summed E-state index contributed by atoms with van der Waals surface area (Å²) >= 11 is 0. The van der Waals surface area contributed by atoms with E-state index in [1.165, 1.54) is 308 Å². The van der Waals surface area contributed by atoms with Gasteiger partial charge in [0.15, 0.2) is 6.10 Å². The fourth-order valence-electron chi connectivity index (χ4n) is 11.0. The fourth-order valence-corrected chi connectivity index (χ4v) is 11.0. The number of unbranched alkanes of at least 4 members (excludes halogenated alkanes) is 53. The highest BCUT2D eigenvalue weighted by Gasteiger charge is 2.19. The van der Waals surface area contributed by atoms with Crippen LogP contribution in [0.15, 0.2) is 12.2 Å². The zero-order valence-corrected chi connectivity index (χ0v) is 52.5. The lowest BCUT2D eigenvalue weighted by atomic mass is 10.0. The van der Waals surface area contributed by atoms with Crippen LogP contribution in [0.25, 0.3) is 0 Å². The predicted octanol–water partition coefficient (Wildman–Crippen LogP) is 24.0. The molecule has 0 radical (unpaired) electrons. The SMILES string of the molecule is CCCCCCCC/C=C\CCCCCCCCCCCC(=O)OC(COC(=O)CCCCCCCCCCCC)COC(=O)CCCCCCCCCCCCCCCCCCCCCCCCCCCCCCCC. The van der Waals surface area contributed by atoms with Gasteiger partial charge in [-0.25, -0.2) is 0 Å². The van der Waals surface area contributed by atoms with Crippen LogP contribution in [0.2, 0.25) is 0 Å². The minimum Gasteiger partial charge on any atom is -0.462 e. The fraction of sp³-hybridized carbons (Fsp3) is 0.930. The van der Waals surface area contributed by atoms with E-state index in [1.54, 1.807) is 0 Å². The van der Waals surface area contributed by atoms with E-state index in [4.69, 9.17) is 14.2 Å². The van der Waals surface area contributed by atoms with Gasteiger partial charge in [-0.15, -0.1) is 0 Å². The highest BCUT2D eigenvalue weighted by atomic mass is 16.6. The molecule has 77 heavy (non-hydrogen) atoms. The van der Waals surface area contributed by atoms with Gasteiger partial charge in [-0.05, 0) is 44.9 Å². The summed E-state index contributed by atoms with van der Waals surface area (Å²) in [7, 11) is 0. The smallest absolute Gasteiger partial charge is 0.306 e. The van der Waals surface area contributed by atoms with Crippen LogP contribution in [-0.4, -0.2) is 37.2 Å². The molecule has 0 fully saturated rings. The summed E-state index contributed by atoms with van der Waals surface area (Å²) in [6, 6.07) is 0. The first kappa shape index (κ1) is 75.2. The minimum absolute atomic E-state index is 0.0643. The van der Waals surface area contributed by atoms with Crippen molar-refractivity contribution in [1.29, 1.82) is 0 Å². The van der Waals surface area contributed by atoms with Gasteiger partial charge in [0.2, 0.25) is 0 Å². The third-order valence-corrected chi connectivity index (χ3v) is 16.3. The lowest BCUT2D eigenvalue weighted by molar-refractivity contribution is -0.167. The second-order valence-electron chi connectivity index (χ2n) is 24.2. The summed E-state index contributed by atoms with van der Waals surface area (Å²) in [6.07, 6.45) is 79.7. The second-order valence-corrected chi connectivity index (χ2v) is 24.2. The van der Waals surface area contributed by atoms with Gasteiger partial charge in [-0.2, -0.15) is 0 Å². The number of carbonyl (C=O) groups excluding carboxylic acids is 3. The molecule has 456 valence electrons. The molecule has 0 bridgehead atoms. The standard InChI is InChI=1S/C71H136O6/c1-4-7-10-13-16-19-22-24-26-28-30-31-32-33-34-35-36-37-38-39-40-42-43-45-47-49-52-55-58-61-64-70(73)76-67-68(66-75-69(72)63-60-57-54-51-21-18-15-12-9-6-3)77-71(74)65-62-59-56-53-50-48-46-44-41-29-27-25-23-20-17-14-11-8-5-2/h25,27,68H,4-24,26,28-67H2,1-3H3/b27-25-. The normalized spacial score (nSPS) is 12.0. The second kappa shape index (κ2) is 66.7. The summed E-state index contributed by atoms with van der Waals surface area (Å²) in [5, 5.41) is 0. The van der Waals surface area contributed by atoms with E-state index in [0.717, 1.165) is 57.8 Å². The number of ether oxygens (including phenoxy) is 3. The summed E-state index contributed by atoms with van der Waals surface area (Å²) in [4.78, 5) is 38.3. The topological polar surface area (TPSA) is 78.9 Å². The van der Waals surface area contributed by atoms with Crippen molar-refractivity contribution in [1.82, 2.24) is 0 Å². The Balaban J connectivity index is 4.07. The molecule has 6 nitrogen and oxygen atoms in total. The van der Waals surface area contributed by atoms with Crippen molar-refractivity contribution in [3.63, 3.8) is 0 Å². The van der Waals surface area contributed by atoms with Crippen LogP contribution in [0.3, 0.4) is 0 Å². The molecule has 0 saturated heterocycles. The first-order chi connectivity index (χ1) is 38.0. The molecule has 6 heteroatoms. The summed E-state index contributed by atoms with van der Waals surface area (Å²) in [5.41, 5.74) is 0. The highest BCUT2D eigenvalue weighted by molar-refractivity contribution is 5.71. The maximum atomic E-state index is 12.9. The molecule has 0 aliphatic rings. The van der Waals surface area contributed by atoms with Gasteiger partial charge in [-0.3, -0.25) is 14.4 Å². The number of hydrogen-bond acceptors (Lipinski definition) is 6. The molecule has 1 atom stereocenters. The Morgan fingerprint density at radius 3 is 0.649 bits per heavy atom. The molecule has 0 rings (SSSR count). The Morgan fingerprint density at radius 1 is 0.247 bits per heavy atom. The monoisotopic (exact) mass is 1090 g/mol. The molecule has 0 aromatic rings. The van der Waals surface area contributed by atoms with Gasteiger partial charge in [0.25, 0.3) is 0 Å². The molecule has 0 N–H and O–H groups in total. The molecular formula is C71H136O6. The van der Waals surface area contributed by atoms with Crippen molar-refractivity contribution in [3.8, 4) is 0 Å². The summed E-state index contributed by atoms with van der Waals surface area (Å²) in [6.45, 7) is 6.70. The van der Waals surface area contributed by atoms with Gasteiger partial charge >= 0.3 is 17.9 Å². The molecule has 0 aliphatic heterocycles. The number of esters is 3. The lowest BCUT2D eigenvalue weighted by Crippen LogP contribution is -2.30. The van der Waals surface area contributed by atoms with Crippen molar-refractivity contribution in [3.05, 3.63) is 12.2 Å². The maximum absolute atomic E-state index is 12.9. The minimum atomic E-state index is -0.766. The van der Waals surface area contributed by atoms with Gasteiger partial charge < -0.3 is 14.2 Å². The number of carbonyl (C=O) groups is 3. The van der Waals surface area contributed by atoms with Gasteiger partial charge in [0, 0.05) is 19.3 Å². The van der Waals surface area contributed by atoms with Crippen molar-refractivity contribution < 1.29 is 28.6 Å². The van der Waals surface area contributed by atoms with E-state index in [9.17, 15) is 14.4 Å². The first-order valence-corrected chi connectivity index (χ1v) is 35.2. The zero-order valence-electron chi connectivity index (χ0n) is 52.5. The van der Waals surface area contributed by atoms with Crippen LogP contribution >= 0.6 is 0 Å². The van der Waals surface area contributed by atoms with Gasteiger partial charge in [0.1, 0.15) is 13.2 Å². The molecule has 0 aliphatic carbocycles. The highest BCUT2D eigenvalue weighted by Crippen LogP contribution is 2.19. The van der Waals surface area contributed by atoms with Crippen LogP contribution in [0.1, 0.15) is 406 Å². The van der Waals surface area contributed by atoms with Gasteiger partial charge in [0.05, 0.1) is 0 Å². The zero-order chi connectivity index (χ0) is 55.7. The molecule has 0 aromatic carbocycles. The molecular weight excluding hydrogens is 949 g/mol. The van der Waals surface area contributed by atoms with Crippen LogP contribution in [0, 0.1) is 0 Å². The summed E-state index contributed by atoms with van der Waals surface area (Å²) in [5.74, 6) is -0.837. The van der Waals surface area contributed by atoms with E-state index in [1.807, 2.05) is 0 Å². The number of hydrogen-bond donors (Lipinski definition) is 0.